The molecule has 0 spiro atoms. The summed E-state index contributed by atoms with van der Waals surface area (Å²) in [5.74, 6) is -0.0112. The minimum Gasteiger partial charge on any atom is -0.342 e. The van der Waals surface area contributed by atoms with Crippen LogP contribution >= 0.6 is 11.3 Å². The molecule has 1 aliphatic rings. The van der Waals surface area contributed by atoms with Gasteiger partial charge < -0.3 is 10.2 Å². The third kappa shape index (κ3) is 3.03. The van der Waals surface area contributed by atoms with Gasteiger partial charge in [-0.3, -0.25) is 9.59 Å². The highest BCUT2D eigenvalue weighted by Gasteiger charge is 2.39. The number of amides is 2. The molecule has 20 heavy (non-hydrogen) atoms. The van der Waals surface area contributed by atoms with Crippen molar-refractivity contribution in [2.24, 2.45) is 0 Å². The molecule has 1 aromatic rings. The Hall–Kier alpha value is -1.36. The fraction of sp³-hybridized carbons (Fsp3) is 0.600. The van der Waals surface area contributed by atoms with Crippen LogP contribution in [0.5, 0.6) is 0 Å². The van der Waals surface area contributed by atoms with Gasteiger partial charge in [-0.25, -0.2) is 0 Å². The van der Waals surface area contributed by atoms with Crippen molar-refractivity contribution in [2.75, 3.05) is 6.54 Å². The molecule has 1 saturated heterocycles. The Kier molecular flexibility index (Phi) is 4.48. The number of hydrogen-bond acceptors (Lipinski definition) is 3. The standard InChI is InChI=1S/C15H22N2O2S/c1-4-11-6-7-12(20-11)10-17-9-8-13(18)16-15(3,5-2)14(17)19/h6-7H,4-5,8-10H2,1-3H3,(H,16,18). The Bertz CT molecular complexity index is 512. The molecule has 1 aromatic heterocycles. The van der Waals surface area contributed by atoms with Crippen LogP contribution in [0, 0.1) is 0 Å². The highest BCUT2D eigenvalue weighted by molar-refractivity contribution is 7.11. The van der Waals surface area contributed by atoms with Gasteiger partial charge in [0.2, 0.25) is 11.8 Å². The first-order valence-corrected chi connectivity index (χ1v) is 7.98. The van der Waals surface area contributed by atoms with Crippen LogP contribution in [0.15, 0.2) is 12.1 Å². The van der Waals surface area contributed by atoms with Gasteiger partial charge in [-0.15, -0.1) is 11.3 Å². The van der Waals surface area contributed by atoms with Gasteiger partial charge in [-0.05, 0) is 31.9 Å². The average molecular weight is 294 g/mol. The summed E-state index contributed by atoms with van der Waals surface area (Å²) in [4.78, 5) is 28.7. The van der Waals surface area contributed by atoms with Crippen LogP contribution in [0.25, 0.3) is 0 Å². The number of aryl methyl sites for hydroxylation is 1. The average Bonchev–Trinajstić information content (AvgIpc) is 2.86. The van der Waals surface area contributed by atoms with E-state index in [-0.39, 0.29) is 11.8 Å². The molecule has 5 heteroatoms. The van der Waals surface area contributed by atoms with E-state index in [1.54, 1.807) is 11.3 Å². The fourth-order valence-electron chi connectivity index (χ4n) is 2.39. The minimum atomic E-state index is -0.765. The lowest BCUT2D eigenvalue weighted by atomic mass is 9.97. The monoisotopic (exact) mass is 294 g/mol. The van der Waals surface area contributed by atoms with E-state index in [4.69, 9.17) is 0 Å². The molecule has 1 unspecified atom stereocenters. The van der Waals surface area contributed by atoms with Gasteiger partial charge in [0, 0.05) is 22.7 Å². The first-order valence-electron chi connectivity index (χ1n) is 7.16. The molecule has 1 fully saturated rings. The van der Waals surface area contributed by atoms with Gasteiger partial charge in [0.05, 0.1) is 6.54 Å². The quantitative estimate of drug-likeness (QED) is 0.926. The molecular formula is C15H22N2O2S. The van der Waals surface area contributed by atoms with Crippen LogP contribution in [0.1, 0.15) is 43.4 Å². The number of carbonyl (C=O) groups is 2. The van der Waals surface area contributed by atoms with E-state index in [1.165, 1.54) is 9.75 Å². The van der Waals surface area contributed by atoms with Crippen LogP contribution in [-0.2, 0) is 22.6 Å². The van der Waals surface area contributed by atoms with Crippen LogP contribution in [-0.4, -0.2) is 28.8 Å². The summed E-state index contributed by atoms with van der Waals surface area (Å²) in [6.45, 7) is 6.98. The van der Waals surface area contributed by atoms with Crippen LogP contribution in [0.2, 0.25) is 0 Å². The normalized spacial score (nSPS) is 23.6. The second-order valence-electron chi connectivity index (χ2n) is 5.43. The molecule has 110 valence electrons. The summed E-state index contributed by atoms with van der Waals surface area (Å²) in [7, 11) is 0. The highest BCUT2D eigenvalue weighted by Crippen LogP contribution is 2.23. The Balaban J connectivity index is 2.17. The molecule has 0 bridgehead atoms. The number of thiophene rings is 1. The summed E-state index contributed by atoms with van der Waals surface area (Å²) in [5.41, 5.74) is -0.765. The zero-order valence-electron chi connectivity index (χ0n) is 12.4. The summed E-state index contributed by atoms with van der Waals surface area (Å²) < 4.78 is 0. The van der Waals surface area contributed by atoms with E-state index >= 15 is 0 Å². The molecule has 4 nitrogen and oxygen atoms in total. The molecule has 0 aliphatic carbocycles. The minimum absolute atomic E-state index is 0.0253. The molecule has 1 N–H and O–H groups in total. The van der Waals surface area contributed by atoms with Crippen molar-refractivity contribution in [1.29, 1.82) is 0 Å². The summed E-state index contributed by atoms with van der Waals surface area (Å²) >= 11 is 1.74. The van der Waals surface area contributed by atoms with Gasteiger partial charge in [0.1, 0.15) is 5.54 Å². The summed E-state index contributed by atoms with van der Waals surface area (Å²) in [6.07, 6.45) is 2.01. The van der Waals surface area contributed by atoms with Gasteiger partial charge in [-0.1, -0.05) is 13.8 Å². The van der Waals surface area contributed by atoms with Gasteiger partial charge in [0.15, 0.2) is 0 Å². The first-order chi connectivity index (χ1) is 9.48. The maximum Gasteiger partial charge on any atom is 0.248 e. The largest absolute Gasteiger partial charge is 0.342 e. The third-order valence-electron chi connectivity index (χ3n) is 3.90. The first kappa shape index (κ1) is 15.0. The van der Waals surface area contributed by atoms with E-state index in [9.17, 15) is 9.59 Å². The molecule has 2 heterocycles. The van der Waals surface area contributed by atoms with Crippen molar-refractivity contribution < 1.29 is 9.59 Å². The molecule has 1 atom stereocenters. The van der Waals surface area contributed by atoms with E-state index in [0.717, 1.165) is 6.42 Å². The van der Waals surface area contributed by atoms with E-state index in [0.29, 0.717) is 25.9 Å². The van der Waals surface area contributed by atoms with Gasteiger partial charge >= 0.3 is 0 Å². The predicted molar refractivity (Wildman–Crippen MR) is 80.6 cm³/mol. The fourth-order valence-corrected chi connectivity index (χ4v) is 3.36. The SMILES string of the molecule is CCc1ccc(CN2CCC(=O)NC(C)(CC)C2=O)s1. The number of rotatable bonds is 4. The second-order valence-corrected chi connectivity index (χ2v) is 6.68. The lowest BCUT2D eigenvalue weighted by Gasteiger charge is -2.31. The number of carbonyl (C=O) groups excluding carboxylic acids is 2. The second kappa shape index (κ2) is 5.95. The van der Waals surface area contributed by atoms with Crippen molar-refractivity contribution in [3.8, 4) is 0 Å². The van der Waals surface area contributed by atoms with Crippen molar-refractivity contribution in [3.05, 3.63) is 21.9 Å². The zero-order chi connectivity index (χ0) is 14.8. The summed E-state index contributed by atoms with van der Waals surface area (Å²) in [6, 6.07) is 4.20. The lowest BCUT2D eigenvalue weighted by Crippen LogP contribution is -2.54. The maximum atomic E-state index is 12.6. The number of nitrogens with one attached hydrogen (secondary N) is 1. The predicted octanol–water partition coefficient (Wildman–Crippen LogP) is 2.33. The van der Waals surface area contributed by atoms with Crippen molar-refractivity contribution in [3.63, 3.8) is 0 Å². The maximum absolute atomic E-state index is 12.6. The van der Waals surface area contributed by atoms with E-state index < -0.39 is 5.54 Å². The third-order valence-corrected chi connectivity index (χ3v) is 5.12. The smallest absolute Gasteiger partial charge is 0.248 e. The molecule has 0 radical (unpaired) electrons. The molecular weight excluding hydrogens is 272 g/mol. The van der Waals surface area contributed by atoms with E-state index in [1.807, 2.05) is 18.7 Å². The Morgan fingerprint density at radius 1 is 1.30 bits per heavy atom. The molecule has 2 amide bonds. The molecule has 2 rings (SSSR count). The Labute approximate surface area is 124 Å². The Morgan fingerprint density at radius 3 is 2.60 bits per heavy atom. The van der Waals surface area contributed by atoms with Gasteiger partial charge in [0.25, 0.3) is 0 Å². The van der Waals surface area contributed by atoms with E-state index in [2.05, 4.69) is 24.4 Å². The number of nitrogens with zero attached hydrogens (tertiary/aromatic N) is 1. The van der Waals surface area contributed by atoms with Crippen LogP contribution in [0.3, 0.4) is 0 Å². The van der Waals surface area contributed by atoms with Crippen LogP contribution in [0.4, 0.5) is 0 Å². The van der Waals surface area contributed by atoms with Crippen molar-refractivity contribution in [2.45, 2.75) is 52.1 Å². The summed E-state index contributed by atoms with van der Waals surface area (Å²) in [5, 5.41) is 2.86. The molecule has 1 aliphatic heterocycles. The topological polar surface area (TPSA) is 49.4 Å². The molecule has 0 aromatic carbocycles. The van der Waals surface area contributed by atoms with Crippen molar-refractivity contribution >= 4 is 23.2 Å². The van der Waals surface area contributed by atoms with Crippen molar-refractivity contribution in [1.82, 2.24) is 10.2 Å². The van der Waals surface area contributed by atoms with Crippen LogP contribution < -0.4 is 5.32 Å². The zero-order valence-corrected chi connectivity index (χ0v) is 13.2. The van der Waals surface area contributed by atoms with Gasteiger partial charge in [-0.2, -0.15) is 0 Å². The Morgan fingerprint density at radius 2 is 2.00 bits per heavy atom. The number of hydrogen-bond donors (Lipinski definition) is 1. The molecule has 0 saturated carbocycles. The lowest BCUT2D eigenvalue weighted by molar-refractivity contribution is -0.138. The highest BCUT2D eigenvalue weighted by atomic mass is 32.1.